The van der Waals surface area contributed by atoms with E-state index in [-0.39, 0.29) is 17.0 Å². The van der Waals surface area contributed by atoms with Crippen LogP contribution in [0.1, 0.15) is 71.6 Å². The predicted octanol–water partition coefficient (Wildman–Crippen LogP) is 3.99. The minimum absolute atomic E-state index is 0.0922. The van der Waals surface area contributed by atoms with Crippen LogP contribution in [0.2, 0.25) is 0 Å². The molecule has 2 saturated heterocycles. The van der Waals surface area contributed by atoms with Crippen molar-refractivity contribution in [3.63, 3.8) is 0 Å². The van der Waals surface area contributed by atoms with Crippen LogP contribution in [0.3, 0.4) is 0 Å². The third-order valence-electron chi connectivity index (χ3n) is 5.94. The molecular weight excluding hydrogens is 212 g/mol. The molecule has 1 unspecified atom stereocenters. The van der Waals surface area contributed by atoms with E-state index in [1.165, 1.54) is 51.4 Å². The molecule has 4 aliphatic rings. The maximum absolute atomic E-state index is 5.92. The maximum Gasteiger partial charge on any atom is 0.234 e. The molecule has 2 aliphatic carbocycles. The first-order valence-corrected chi connectivity index (χ1v) is 7.44. The van der Waals surface area contributed by atoms with Crippen molar-refractivity contribution < 1.29 is 9.47 Å². The molecule has 0 N–H and O–H groups in total. The van der Waals surface area contributed by atoms with Crippen LogP contribution in [0.5, 0.6) is 0 Å². The Morgan fingerprint density at radius 2 is 1.53 bits per heavy atom. The van der Waals surface area contributed by atoms with E-state index in [0.29, 0.717) is 5.41 Å². The smallest absolute Gasteiger partial charge is 0.234 e. The van der Waals surface area contributed by atoms with Gasteiger partial charge in [0.05, 0.1) is 0 Å². The summed E-state index contributed by atoms with van der Waals surface area (Å²) in [4.78, 5) is 0. The molecule has 0 spiro atoms. The van der Waals surface area contributed by atoms with Crippen molar-refractivity contribution in [3.8, 4) is 0 Å². The van der Waals surface area contributed by atoms with Gasteiger partial charge in [0.25, 0.3) is 0 Å². The van der Waals surface area contributed by atoms with E-state index in [9.17, 15) is 0 Å². The first-order chi connectivity index (χ1) is 8.04. The average Bonchev–Trinajstić information content (AvgIpc) is 3.04. The van der Waals surface area contributed by atoms with Crippen LogP contribution in [0.15, 0.2) is 0 Å². The molecule has 0 bridgehead atoms. The summed E-state index contributed by atoms with van der Waals surface area (Å²) >= 11 is 0. The van der Waals surface area contributed by atoms with Crippen LogP contribution in [0, 0.1) is 10.8 Å². The number of hydrogen-bond donors (Lipinski definition) is 0. The molecule has 0 aromatic rings. The first-order valence-electron chi connectivity index (χ1n) is 7.44. The van der Waals surface area contributed by atoms with E-state index in [4.69, 9.17) is 9.47 Å². The van der Waals surface area contributed by atoms with E-state index in [1.807, 2.05) is 0 Å². The highest BCUT2D eigenvalue weighted by molar-refractivity contribution is 5.27. The van der Waals surface area contributed by atoms with Crippen molar-refractivity contribution in [1.82, 2.24) is 0 Å². The quantitative estimate of drug-likeness (QED) is 0.677. The molecule has 0 aromatic heterocycles. The molecule has 96 valence electrons. The molecule has 0 amide bonds. The number of ether oxygens (including phenoxy) is 2. The van der Waals surface area contributed by atoms with E-state index in [0.717, 1.165) is 6.42 Å². The molecule has 2 heterocycles. The Morgan fingerprint density at radius 3 is 2.24 bits per heavy atom. The minimum Gasteiger partial charge on any atom is -0.306 e. The summed E-state index contributed by atoms with van der Waals surface area (Å²) in [5.74, 6) is -0.219. The van der Waals surface area contributed by atoms with E-state index in [2.05, 4.69) is 13.8 Å². The summed E-state index contributed by atoms with van der Waals surface area (Å²) < 4.78 is 11.8. The summed E-state index contributed by atoms with van der Waals surface area (Å²) in [6, 6.07) is 0. The zero-order valence-corrected chi connectivity index (χ0v) is 11.2. The number of epoxide rings is 2. The lowest BCUT2D eigenvalue weighted by Gasteiger charge is -2.42. The van der Waals surface area contributed by atoms with Crippen molar-refractivity contribution in [2.24, 2.45) is 10.8 Å². The molecule has 2 saturated carbocycles. The van der Waals surface area contributed by atoms with E-state index >= 15 is 0 Å². The van der Waals surface area contributed by atoms with Gasteiger partial charge in [0.2, 0.25) is 11.6 Å². The molecule has 0 aromatic carbocycles. The topological polar surface area (TPSA) is 25.1 Å². The van der Waals surface area contributed by atoms with Crippen molar-refractivity contribution in [1.29, 1.82) is 0 Å². The Labute approximate surface area is 104 Å². The van der Waals surface area contributed by atoms with Gasteiger partial charge in [-0.2, -0.15) is 0 Å². The van der Waals surface area contributed by atoms with E-state index in [1.54, 1.807) is 0 Å². The molecule has 2 nitrogen and oxygen atoms in total. The van der Waals surface area contributed by atoms with Gasteiger partial charge in [-0.15, -0.1) is 0 Å². The normalized spacial score (nSPS) is 54.7. The third-order valence-corrected chi connectivity index (χ3v) is 5.94. The fraction of sp³-hybridized carbons (Fsp3) is 1.00. The minimum atomic E-state index is -0.126. The van der Waals surface area contributed by atoms with Gasteiger partial charge in [0.1, 0.15) is 0 Å². The second kappa shape index (κ2) is 2.91. The molecule has 2 heteroatoms. The van der Waals surface area contributed by atoms with Crippen molar-refractivity contribution in [3.05, 3.63) is 0 Å². The van der Waals surface area contributed by atoms with Crippen molar-refractivity contribution in [2.45, 2.75) is 83.2 Å². The van der Waals surface area contributed by atoms with Crippen LogP contribution in [-0.2, 0) is 9.47 Å². The van der Waals surface area contributed by atoms with Crippen LogP contribution < -0.4 is 0 Å². The highest BCUT2D eigenvalue weighted by Crippen LogP contribution is 2.81. The van der Waals surface area contributed by atoms with Gasteiger partial charge in [0, 0.05) is 11.8 Å². The van der Waals surface area contributed by atoms with Crippen LogP contribution in [0.25, 0.3) is 0 Å². The second-order valence-electron chi connectivity index (χ2n) is 7.54. The van der Waals surface area contributed by atoms with Crippen molar-refractivity contribution >= 4 is 0 Å². The fourth-order valence-corrected chi connectivity index (χ4v) is 5.00. The molecule has 0 radical (unpaired) electrons. The average molecular weight is 236 g/mol. The largest absolute Gasteiger partial charge is 0.306 e. The van der Waals surface area contributed by atoms with Crippen LogP contribution in [-0.4, -0.2) is 11.6 Å². The van der Waals surface area contributed by atoms with Crippen LogP contribution in [0.4, 0.5) is 0 Å². The maximum atomic E-state index is 5.92. The molecular formula is C15H24O2. The lowest BCUT2D eigenvalue weighted by atomic mass is 9.62. The zero-order chi connectivity index (χ0) is 11.8. The Hall–Kier alpha value is -0.0800. The molecule has 4 fully saturated rings. The Kier molecular flexibility index (Phi) is 1.85. The number of hydrogen-bond acceptors (Lipinski definition) is 2. The van der Waals surface area contributed by atoms with Gasteiger partial charge >= 0.3 is 0 Å². The summed E-state index contributed by atoms with van der Waals surface area (Å²) in [5, 5.41) is 0. The van der Waals surface area contributed by atoms with Gasteiger partial charge in [0.15, 0.2) is 0 Å². The Balaban J connectivity index is 1.55. The number of rotatable bonds is 2. The predicted molar refractivity (Wildman–Crippen MR) is 65.4 cm³/mol. The lowest BCUT2D eigenvalue weighted by Crippen LogP contribution is -2.38. The summed E-state index contributed by atoms with van der Waals surface area (Å²) in [5.41, 5.74) is 0.833. The molecule has 4 rings (SSSR count). The highest BCUT2D eigenvalue weighted by Gasteiger charge is 2.96. The first kappa shape index (κ1) is 10.8. The SMILES string of the molecule is CC1(CC2(C)CCCC34OC23O4)CCCCC1. The second-order valence-corrected chi connectivity index (χ2v) is 7.54. The fourth-order valence-electron chi connectivity index (χ4n) is 5.00. The summed E-state index contributed by atoms with van der Waals surface area (Å²) in [6.07, 6.45) is 12.1. The Bertz CT molecular complexity index is 350. The van der Waals surface area contributed by atoms with Gasteiger partial charge in [-0.1, -0.05) is 33.1 Å². The monoisotopic (exact) mass is 236 g/mol. The van der Waals surface area contributed by atoms with Gasteiger partial charge < -0.3 is 9.47 Å². The molecule has 2 aliphatic heterocycles. The highest BCUT2D eigenvalue weighted by atomic mass is 17.0. The Morgan fingerprint density at radius 1 is 0.824 bits per heavy atom. The summed E-state index contributed by atoms with van der Waals surface area (Å²) in [6.45, 7) is 4.91. The van der Waals surface area contributed by atoms with Gasteiger partial charge in [-0.3, -0.25) is 0 Å². The van der Waals surface area contributed by atoms with Gasteiger partial charge in [-0.05, 0) is 37.5 Å². The van der Waals surface area contributed by atoms with E-state index < -0.39 is 0 Å². The third kappa shape index (κ3) is 1.24. The molecule has 1 atom stereocenters. The lowest BCUT2D eigenvalue weighted by molar-refractivity contribution is -0.141. The standard InChI is InChI=1S/C15H24O2/c1-12(7-4-3-5-8-12)11-13(2)9-6-10-14-15(13,16-14)17-14/h3-11H2,1-2H3. The summed E-state index contributed by atoms with van der Waals surface area (Å²) in [7, 11) is 0. The van der Waals surface area contributed by atoms with Gasteiger partial charge in [-0.25, -0.2) is 0 Å². The van der Waals surface area contributed by atoms with Crippen LogP contribution >= 0.6 is 0 Å². The zero-order valence-electron chi connectivity index (χ0n) is 11.2. The molecule has 17 heavy (non-hydrogen) atoms. The van der Waals surface area contributed by atoms with Crippen molar-refractivity contribution in [2.75, 3.05) is 0 Å².